The predicted octanol–water partition coefficient (Wildman–Crippen LogP) is -0.430. The molecule has 0 aliphatic rings. The second kappa shape index (κ2) is 4.45. The molecular weight excluding hydrogens is 256 g/mol. The quantitative estimate of drug-likeness (QED) is 0.471. The average Bonchev–Trinajstić information content (AvgIpc) is 2.87. The summed E-state index contributed by atoms with van der Waals surface area (Å²) in [5, 5.41) is 30.2. The first-order chi connectivity index (χ1) is 8.52. The minimum atomic E-state index is -0.510. The lowest BCUT2D eigenvalue weighted by molar-refractivity contribution is -0.0314. The van der Waals surface area contributed by atoms with Crippen LogP contribution >= 0.6 is 11.3 Å². The summed E-state index contributed by atoms with van der Waals surface area (Å²) in [6.07, 6.45) is 0. The van der Waals surface area contributed by atoms with Crippen molar-refractivity contribution in [3.8, 4) is 0 Å². The number of hydrogen-bond donors (Lipinski definition) is 5. The Morgan fingerprint density at radius 3 is 2.61 bits per heavy atom. The minimum Gasteiger partial charge on any atom is -0.409 e. The monoisotopic (exact) mass is 268 g/mol. The number of nitrogens with two attached hydrogens (primary N) is 2. The molecule has 0 bridgehead atoms. The molecule has 0 saturated carbocycles. The molecule has 0 saturated heterocycles. The van der Waals surface area contributed by atoms with Crippen LogP contribution in [0.15, 0.2) is 21.8 Å². The summed E-state index contributed by atoms with van der Waals surface area (Å²) in [6, 6.07) is 1.88. The first-order valence-corrected chi connectivity index (χ1v) is 5.84. The largest absolute Gasteiger partial charge is 0.409 e. The van der Waals surface area contributed by atoms with E-state index in [0.717, 1.165) is 5.56 Å². The number of thiophene rings is 1. The molecule has 0 atom stereocenters. The van der Waals surface area contributed by atoms with Crippen molar-refractivity contribution in [1.82, 2.24) is 9.69 Å². The lowest BCUT2D eigenvalue weighted by Gasteiger charge is -2.09. The predicted molar refractivity (Wildman–Crippen MR) is 65.1 cm³/mol. The minimum absolute atomic E-state index is 0.0528. The molecule has 0 aromatic carbocycles. The van der Waals surface area contributed by atoms with E-state index in [1.807, 2.05) is 16.8 Å². The highest BCUT2D eigenvalue weighted by molar-refractivity contribution is 7.07. The summed E-state index contributed by atoms with van der Waals surface area (Å²) in [7, 11) is 0. The maximum Gasteiger partial charge on any atom is 0.212 e. The van der Waals surface area contributed by atoms with Gasteiger partial charge in [0.05, 0.1) is 6.54 Å². The summed E-state index contributed by atoms with van der Waals surface area (Å²) in [4.78, 5) is 4.50. The molecule has 0 spiro atoms. The van der Waals surface area contributed by atoms with E-state index in [-0.39, 0.29) is 33.1 Å². The van der Waals surface area contributed by atoms with Crippen molar-refractivity contribution in [3.05, 3.63) is 33.4 Å². The average molecular weight is 268 g/mol. The van der Waals surface area contributed by atoms with Crippen molar-refractivity contribution in [2.24, 2.45) is 4.99 Å². The van der Waals surface area contributed by atoms with E-state index in [4.69, 9.17) is 16.9 Å². The Bertz CT molecular complexity index is 649. The second-order valence-electron chi connectivity index (χ2n) is 3.53. The van der Waals surface area contributed by atoms with Crippen LogP contribution in [0, 0.1) is 5.41 Å². The smallest absolute Gasteiger partial charge is 0.212 e. The lowest BCUT2D eigenvalue weighted by atomic mass is 10.3. The van der Waals surface area contributed by atoms with Gasteiger partial charge in [0.25, 0.3) is 0 Å². The molecule has 96 valence electrons. The molecule has 0 aliphatic heterocycles. The SMILES string of the molecule is N=c1c(N)c(N)c(=NCc2ccsc2)n(O)n1O. The molecule has 0 fully saturated rings. The molecule has 2 rings (SSSR count). The van der Waals surface area contributed by atoms with Crippen LogP contribution < -0.4 is 22.4 Å². The summed E-state index contributed by atoms with van der Waals surface area (Å²) < 4.78 is 0. The number of anilines is 2. The number of nitrogen functional groups attached to an aromatic ring is 2. The lowest BCUT2D eigenvalue weighted by Crippen LogP contribution is -2.40. The van der Waals surface area contributed by atoms with E-state index in [2.05, 4.69) is 4.99 Å². The van der Waals surface area contributed by atoms with Gasteiger partial charge in [0, 0.05) is 0 Å². The first kappa shape index (κ1) is 12.0. The van der Waals surface area contributed by atoms with E-state index < -0.39 is 5.49 Å². The zero-order chi connectivity index (χ0) is 13.3. The highest BCUT2D eigenvalue weighted by atomic mass is 32.1. The molecule has 0 amide bonds. The fourth-order valence-corrected chi connectivity index (χ4v) is 2.00. The third kappa shape index (κ3) is 1.91. The van der Waals surface area contributed by atoms with Gasteiger partial charge in [0.15, 0.2) is 0 Å². The van der Waals surface area contributed by atoms with Gasteiger partial charge >= 0.3 is 0 Å². The fourth-order valence-electron chi connectivity index (χ4n) is 1.35. The van der Waals surface area contributed by atoms with Crippen LogP contribution in [0.4, 0.5) is 11.4 Å². The van der Waals surface area contributed by atoms with Crippen molar-refractivity contribution in [1.29, 1.82) is 5.41 Å². The van der Waals surface area contributed by atoms with Crippen LogP contribution in [0.5, 0.6) is 0 Å². The van der Waals surface area contributed by atoms with Crippen LogP contribution in [0.25, 0.3) is 0 Å². The fraction of sp³-hybridized carbons (Fsp3) is 0.111. The molecule has 9 heteroatoms. The number of aromatic nitrogens is 2. The van der Waals surface area contributed by atoms with Crippen LogP contribution in [0.2, 0.25) is 0 Å². The van der Waals surface area contributed by atoms with E-state index in [9.17, 15) is 10.4 Å². The Morgan fingerprint density at radius 1 is 1.28 bits per heavy atom. The van der Waals surface area contributed by atoms with Gasteiger partial charge in [-0.1, -0.05) is 9.69 Å². The second-order valence-corrected chi connectivity index (χ2v) is 4.31. The first-order valence-electron chi connectivity index (χ1n) is 4.90. The standard InChI is InChI=1S/C9H12N6O2S/c10-6-7(11)9(15(17)14(16)8(6)12)13-3-5-1-2-18-4-5/h1-2,4,12,16-17H,3,10-11H2. The molecule has 0 radical (unpaired) electrons. The normalized spacial score (nSPS) is 11.9. The van der Waals surface area contributed by atoms with Crippen molar-refractivity contribution in [2.45, 2.75) is 6.54 Å². The maximum atomic E-state index is 9.60. The van der Waals surface area contributed by atoms with Crippen molar-refractivity contribution >= 4 is 22.7 Å². The van der Waals surface area contributed by atoms with E-state index >= 15 is 0 Å². The Balaban J connectivity index is 2.57. The number of nitrogens with one attached hydrogen (secondary N) is 1. The molecular formula is C9H12N6O2S. The van der Waals surface area contributed by atoms with Gasteiger partial charge in [-0.2, -0.15) is 11.3 Å². The van der Waals surface area contributed by atoms with Gasteiger partial charge < -0.3 is 21.9 Å². The van der Waals surface area contributed by atoms with E-state index in [1.54, 1.807) is 0 Å². The highest BCUT2D eigenvalue weighted by Crippen LogP contribution is 2.07. The Morgan fingerprint density at radius 2 is 2.00 bits per heavy atom. The summed E-state index contributed by atoms with van der Waals surface area (Å²) >= 11 is 1.52. The molecule has 2 aromatic rings. The van der Waals surface area contributed by atoms with E-state index in [1.165, 1.54) is 11.3 Å². The topological polar surface area (TPSA) is 139 Å². The van der Waals surface area contributed by atoms with Gasteiger partial charge in [0.1, 0.15) is 11.4 Å². The highest BCUT2D eigenvalue weighted by Gasteiger charge is 2.09. The van der Waals surface area contributed by atoms with Crippen LogP contribution in [-0.2, 0) is 6.54 Å². The van der Waals surface area contributed by atoms with Gasteiger partial charge in [-0.15, -0.1) is 0 Å². The Kier molecular flexibility index (Phi) is 2.98. The molecule has 0 unspecified atom stereocenters. The molecule has 0 aliphatic carbocycles. The molecule has 7 N–H and O–H groups in total. The van der Waals surface area contributed by atoms with Gasteiger partial charge in [0.2, 0.25) is 11.0 Å². The summed E-state index contributed by atoms with van der Waals surface area (Å²) in [5.74, 6) is 0. The van der Waals surface area contributed by atoms with Gasteiger partial charge in [-0.25, -0.2) is 0 Å². The third-order valence-corrected chi connectivity index (χ3v) is 3.08. The Hall–Kier alpha value is -2.42. The van der Waals surface area contributed by atoms with Crippen molar-refractivity contribution in [3.63, 3.8) is 0 Å². The number of rotatable bonds is 2. The van der Waals surface area contributed by atoms with Gasteiger partial charge in [-0.05, 0) is 22.4 Å². The maximum absolute atomic E-state index is 9.60. The number of nitrogens with zero attached hydrogens (tertiary/aromatic N) is 3. The zero-order valence-electron chi connectivity index (χ0n) is 9.24. The van der Waals surface area contributed by atoms with Crippen LogP contribution in [0.1, 0.15) is 5.56 Å². The molecule has 2 heterocycles. The molecule has 8 nitrogen and oxygen atoms in total. The summed E-state index contributed by atoms with van der Waals surface area (Å²) in [6.45, 7) is 0.283. The number of hydrogen-bond acceptors (Lipinski definition) is 7. The summed E-state index contributed by atoms with van der Waals surface area (Å²) in [5.41, 5.74) is 11.3. The van der Waals surface area contributed by atoms with Crippen molar-refractivity contribution in [2.75, 3.05) is 11.5 Å². The van der Waals surface area contributed by atoms with E-state index in [0.29, 0.717) is 0 Å². The van der Waals surface area contributed by atoms with Crippen LogP contribution in [0.3, 0.4) is 0 Å². The zero-order valence-corrected chi connectivity index (χ0v) is 10.1. The third-order valence-electron chi connectivity index (χ3n) is 2.35. The Labute approximate surface area is 105 Å². The molecule has 2 aromatic heterocycles. The van der Waals surface area contributed by atoms with Crippen LogP contribution in [-0.4, -0.2) is 20.1 Å². The molecule has 18 heavy (non-hydrogen) atoms. The van der Waals surface area contributed by atoms with Crippen molar-refractivity contribution < 1.29 is 10.4 Å². The van der Waals surface area contributed by atoms with Gasteiger partial charge in [-0.3, -0.25) is 10.4 Å².